The molecule has 0 saturated carbocycles. The van der Waals surface area contributed by atoms with E-state index in [1.165, 1.54) is 4.90 Å². The highest BCUT2D eigenvalue weighted by Crippen LogP contribution is 2.19. The highest BCUT2D eigenvalue weighted by atomic mass is 35.5. The number of carbonyl (C=O) groups is 1. The number of benzene rings is 1. The van der Waals surface area contributed by atoms with Gasteiger partial charge in [-0.05, 0) is 43.7 Å². The molecule has 1 fully saturated rings. The van der Waals surface area contributed by atoms with E-state index in [0.717, 1.165) is 30.2 Å². The molecule has 0 radical (unpaired) electrons. The van der Waals surface area contributed by atoms with Crippen molar-refractivity contribution in [3.63, 3.8) is 0 Å². The molecule has 1 atom stereocenters. The Kier molecular flexibility index (Phi) is 5.35. The minimum Gasteiger partial charge on any atom is -0.354 e. The zero-order valence-electron chi connectivity index (χ0n) is 10.1. The summed E-state index contributed by atoms with van der Waals surface area (Å²) in [4.78, 5) is 12.9. The Morgan fingerprint density at radius 3 is 2.89 bits per heavy atom. The Balaban J connectivity index is 1.63. The van der Waals surface area contributed by atoms with E-state index in [2.05, 4.69) is 10.6 Å². The largest absolute Gasteiger partial charge is 0.354 e. The van der Waals surface area contributed by atoms with Gasteiger partial charge in [-0.25, -0.2) is 0 Å². The van der Waals surface area contributed by atoms with E-state index in [0.29, 0.717) is 6.54 Å². The molecule has 1 saturated heterocycles. The normalized spacial score (nSPS) is 18.8. The summed E-state index contributed by atoms with van der Waals surface area (Å²) in [5.41, 5.74) is 0. The molecule has 3 nitrogen and oxygen atoms in total. The zero-order valence-corrected chi connectivity index (χ0v) is 11.7. The first-order valence-corrected chi connectivity index (χ1v) is 7.51. The lowest BCUT2D eigenvalue weighted by atomic mass is 10.2. The lowest BCUT2D eigenvalue weighted by molar-refractivity contribution is -0.122. The summed E-state index contributed by atoms with van der Waals surface area (Å²) in [6, 6.07) is 7.77. The van der Waals surface area contributed by atoms with Crippen molar-refractivity contribution in [2.24, 2.45) is 0 Å². The number of rotatable bonds is 5. The molecule has 98 valence electrons. The van der Waals surface area contributed by atoms with Crippen LogP contribution in [0, 0.1) is 0 Å². The SMILES string of the molecule is O=C(NCCSc1ccc(Cl)cc1)C1CCCN1. The number of halogens is 1. The van der Waals surface area contributed by atoms with Gasteiger partial charge in [0.2, 0.25) is 5.91 Å². The van der Waals surface area contributed by atoms with Gasteiger partial charge in [-0.15, -0.1) is 11.8 Å². The molecule has 1 aliphatic heterocycles. The monoisotopic (exact) mass is 284 g/mol. The zero-order chi connectivity index (χ0) is 12.8. The molecular weight excluding hydrogens is 268 g/mol. The van der Waals surface area contributed by atoms with Crippen LogP contribution in [-0.4, -0.2) is 30.8 Å². The van der Waals surface area contributed by atoms with Crippen LogP contribution in [0.5, 0.6) is 0 Å². The van der Waals surface area contributed by atoms with Crippen LogP contribution in [0.1, 0.15) is 12.8 Å². The van der Waals surface area contributed by atoms with E-state index in [4.69, 9.17) is 11.6 Å². The van der Waals surface area contributed by atoms with Gasteiger partial charge in [0.05, 0.1) is 6.04 Å². The molecule has 0 spiro atoms. The van der Waals surface area contributed by atoms with Crippen LogP contribution in [0.3, 0.4) is 0 Å². The summed E-state index contributed by atoms with van der Waals surface area (Å²) in [7, 11) is 0. The van der Waals surface area contributed by atoms with E-state index in [1.807, 2.05) is 24.3 Å². The molecule has 1 aromatic carbocycles. The standard InChI is InChI=1S/C13H17ClN2OS/c14-10-3-5-11(6-4-10)18-9-8-16-13(17)12-2-1-7-15-12/h3-6,12,15H,1-2,7-9H2,(H,16,17). The smallest absolute Gasteiger partial charge is 0.237 e. The fraction of sp³-hybridized carbons (Fsp3) is 0.462. The number of hydrogen-bond donors (Lipinski definition) is 2. The molecule has 0 aliphatic carbocycles. The van der Waals surface area contributed by atoms with Gasteiger partial charge in [0.25, 0.3) is 0 Å². The Hall–Kier alpha value is -0.710. The van der Waals surface area contributed by atoms with Crippen molar-refractivity contribution in [1.29, 1.82) is 0 Å². The van der Waals surface area contributed by atoms with Gasteiger partial charge < -0.3 is 10.6 Å². The van der Waals surface area contributed by atoms with Crippen molar-refractivity contribution < 1.29 is 4.79 Å². The maximum atomic E-state index is 11.7. The number of carbonyl (C=O) groups excluding carboxylic acids is 1. The Bertz CT molecular complexity index is 390. The minimum atomic E-state index is 0.0190. The van der Waals surface area contributed by atoms with Crippen molar-refractivity contribution in [3.05, 3.63) is 29.3 Å². The van der Waals surface area contributed by atoms with Crippen molar-refractivity contribution in [3.8, 4) is 0 Å². The fourth-order valence-electron chi connectivity index (χ4n) is 1.91. The highest BCUT2D eigenvalue weighted by Gasteiger charge is 2.20. The number of amides is 1. The van der Waals surface area contributed by atoms with Crippen LogP contribution in [-0.2, 0) is 4.79 Å². The third-order valence-electron chi connectivity index (χ3n) is 2.86. The average molecular weight is 285 g/mol. The average Bonchev–Trinajstić information content (AvgIpc) is 2.90. The summed E-state index contributed by atoms with van der Waals surface area (Å²) in [6.45, 7) is 1.65. The molecule has 2 N–H and O–H groups in total. The molecule has 5 heteroatoms. The van der Waals surface area contributed by atoms with Gasteiger partial charge in [0, 0.05) is 22.2 Å². The van der Waals surface area contributed by atoms with Gasteiger partial charge in [-0.3, -0.25) is 4.79 Å². The maximum Gasteiger partial charge on any atom is 0.237 e. The molecule has 1 unspecified atom stereocenters. The Labute approximate surface area is 117 Å². The number of nitrogens with one attached hydrogen (secondary N) is 2. The predicted octanol–water partition coefficient (Wildman–Crippen LogP) is 2.30. The Morgan fingerprint density at radius 2 is 2.22 bits per heavy atom. The second kappa shape index (κ2) is 7.02. The van der Waals surface area contributed by atoms with E-state index >= 15 is 0 Å². The van der Waals surface area contributed by atoms with Crippen LogP contribution in [0.2, 0.25) is 5.02 Å². The first-order chi connectivity index (χ1) is 8.75. The lowest BCUT2D eigenvalue weighted by Crippen LogP contribution is -2.41. The van der Waals surface area contributed by atoms with Crippen LogP contribution in [0.25, 0.3) is 0 Å². The second-order valence-corrected chi connectivity index (χ2v) is 5.85. The molecule has 1 amide bonds. The summed E-state index contributed by atoms with van der Waals surface area (Å²) >= 11 is 7.53. The lowest BCUT2D eigenvalue weighted by Gasteiger charge is -2.10. The molecule has 1 heterocycles. The van der Waals surface area contributed by atoms with Crippen molar-refractivity contribution in [2.75, 3.05) is 18.8 Å². The van der Waals surface area contributed by atoms with Gasteiger partial charge in [-0.1, -0.05) is 11.6 Å². The van der Waals surface area contributed by atoms with E-state index in [9.17, 15) is 4.79 Å². The predicted molar refractivity (Wildman–Crippen MR) is 76.2 cm³/mol. The summed E-state index contributed by atoms with van der Waals surface area (Å²) in [5, 5.41) is 6.90. The van der Waals surface area contributed by atoms with Crippen molar-refractivity contribution in [2.45, 2.75) is 23.8 Å². The first kappa shape index (κ1) is 13.7. The minimum absolute atomic E-state index is 0.0190. The Morgan fingerprint density at radius 1 is 1.44 bits per heavy atom. The third-order valence-corrected chi connectivity index (χ3v) is 4.13. The van der Waals surface area contributed by atoms with Crippen molar-refractivity contribution >= 4 is 29.3 Å². The van der Waals surface area contributed by atoms with Crippen LogP contribution in [0.4, 0.5) is 0 Å². The van der Waals surface area contributed by atoms with Gasteiger partial charge >= 0.3 is 0 Å². The van der Waals surface area contributed by atoms with Gasteiger partial charge in [0.15, 0.2) is 0 Å². The molecule has 18 heavy (non-hydrogen) atoms. The topological polar surface area (TPSA) is 41.1 Å². The van der Waals surface area contributed by atoms with E-state index in [-0.39, 0.29) is 11.9 Å². The van der Waals surface area contributed by atoms with E-state index < -0.39 is 0 Å². The quantitative estimate of drug-likeness (QED) is 0.644. The van der Waals surface area contributed by atoms with Gasteiger partial charge in [-0.2, -0.15) is 0 Å². The number of thioether (sulfide) groups is 1. The summed E-state index contributed by atoms with van der Waals surface area (Å²) < 4.78 is 0. The highest BCUT2D eigenvalue weighted by molar-refractivity contribution is 7.99. The molecule has 2 rings (SSSR count). The molecular formula is C13H17ClN2OS. The molecule has 1 aliphatic rings. The third kappa shape index (κ3) is 4.19. The second-order valence-electron chi connectivity index (χ2n) is 4.24. The van der Waals surface area contributed by atoms with E-state index in [1.54, 1.807) is 11.8 Å². The van der Waals surface area contributed by atoms with Crippen molar-refractivity contribution in [1.82, 2.24) is 10.6 Å². The van der Waals surface area contributed by atoms with Crippen LogP contribution >= 0.6 is 23.4 Å². The maximum absolute atomic E-state index is 11.7. The molecule has 0 aromatic heterocycles. The first-order valence-electron chi connectivity index (χ1n) is 6.15. The van der Waals surface area contributed by atoms with Crippen LogP contribution in [0.15, 0.2) is 29.2 Å². The van der Waals surface area contributed by atoms with Gasteiger partial charge in [0.1, 0.15) is 0 Å². The summed E-state index contributed by atoms with van der Waals surface area (Å²) in [6.07, 6.45) is 2.05. The summed E-state index contributed by atoms with van der Waals surface area (Å²) in [5.74, 6) is 1.00. The van der Waals surface area contributed by atoms with Crippen LogP contribution < -0.4 is 10.6 Å². The fourth-order valence-corrected chi connectivity index (χ4v) is 2.80. The number of hydrogen-bond acceptors (Lipinski definition) is 3. The molecule has 0 bridgehead atoms. The molecule has 1 aromatic rings.